The maximum Gasteiger partial charge on any atom is 0.341 e. The lowest BCUT2D eigenvalue weighted by Crippen LogP contribution is -2.17. The van der Waals surface area contributed by atoms with Gasteiger partial charge >= 0.3 is 11.9 Å². The number of nitrogens with zero attached hydrogens (tertiary/aromatic N) is 1. The quantitative estimate of drug-likeness (QED) is 0.807. The van der Waals surface area contributed by atoms with Gasteiger partial charge in [-0.1, -0.05) is 25.9 Å². The molecule has 16 heavy (non-hydrogen) atoms. The van der Waals surface area contributed by atoms with E-state index in [1.54, 1.807) is 20.8 Å². The van der Waals surface area contributed by atoms with Gasteiger partial charge in [0.25, 0.3) is 0 Å². The van der Waals surface area contributed by atoms with Crippen LogP contribution in [0.15, 0.2) is 4.52 Å². The number of aromatic carboxylic acids is 1. The van der Waals surface area contributed by atoms with Gasteiger partial charge in [-0.25, -0.2) is 4.79 Å². The Morgan fingerprint density at radius 1 is 1.31 bits per heavy atom. The third kappa shape index (κ3) is 2.39. The minimum atomic E-state index is -1.22. The number of hydrogen-bond acceptors (Lipinski definition) is 4. The topological polar surface area (TPSA) is 101 Å². The molecule has 6 nitrogen and oxygen atoms in total. The van der Waals surface area contributed by atoms with Gasteiger partial charge in [0.2, 0.25) is 0 Å². The van der Waals surface area contributed by atoms with Crippen LogP contribution in [0.1, 0.15) is 42.6 Å². The number of hydrogen-bond donors (Lipinski definition) is 2. The Labute approximate surface area is 91.9 Å². The lowest BCUT2D eigenvalue weighted by Gasteiger charge is -2.14. The summed E-state index contributed by atoms with van der Waals surface area (Å²) in [6.45, 7) is 5.34. The van der Waals surface area contributed by atoms with Crippen LogP contribution >= 0.6 is 0 Å². The Balaban J connectivity index is 3.28. The van der Waals surface area contributed by atoms with Crippen molar-refractivity contribution in [1.29, 1.82) is 0 Å². The Hall–Kier alpha value is -1.85. The van der Waals surface area contributed by atoms with Crippen LogP contribution in [0.4, 0.5) is 0 Å². The first-order valence-corrected chi connectivity index (χ1v) is 4.67. The molecule has 1 aromatic rings. The van der Waals surface area contributed by atoms with Crippen LogP contribution in [0.25, 0.3) is 0 Å². The molecule has 0 amide bonds. The highest BCUT2D eigenvalue weighted by atomic mass is 16.5. The van der Waals surface area contributed by atoms with E-state index in [0.29, 0.717) is 0 Å². The van der Waals surface area contributed by atoms with Crippen LogP contribution in [0.2, 0.25) is 0 Å². The second kappa shape index (κ2) is 3.96. The fraction of sp³-hybridized carbons (Fsp3) is 0.500. The van der Waals surface area contributed by atoms with Crippen molar-refractivity contribution in [3.8, 4) is 0 Å². The Kier molecular flexibility index (Phi) is 3.02. The zero-order chi connectivity index (χ0) is 12.5. The number of carboxylic acids is 2. The molecule has 0 saturated carbocycles. The van der Waals surface area contributed by atoms with Crippen molar-refractivity contribution in [2.24, 2.45) is 0 Å². The SMILES string of the molecule is CC(C)(C)c1noc(CC(=O)O)c1C(=O)O. The number of rotatable bonds is 3. The average Bonchev–Trinajstić information content (AvgIpc) is 2.45. The summed E-state index contributed by atoms with van der Waals surface area (Å²) in [5.74, 6) is -2.49. The molecule has 6 heteroatoms. The highest BCUT2D eigenvalue weighted by Gasteiger charge is 2.30. The maximum absolute atomic E-state index is 11.0. The molecule has 2 N–H and O–H groups in total. The van der Waals surface area contributed by atoms with Crippen molar-refractivity contribution in [3.63, 3.8) is 0 Å². The van der Waals surface area contributed by atoms with Crippen molar-refractivity contribution in [1.82, 2.24) is 5.16 Å². The van der Waals surface area contributed by atoms with E-state index in [9.17, 15) is 9.59 Å². The minimum Gasteiger partial charge on any atom is -0.481 e. The van der Waals surface area contributed by atoms with E-state index < -0.39 is 23.8 Å². The van der Waals surface area contributed by atoms with Crippen molar-refractivity contribution >= 4 is 11.9 Å². The van der Waals surface area contributed by atoms with Gasteiger partial charge in [0.05, 0.1) is 0 Å². The van der Waals surface area contributed by atoms with Crippen LogP contribution in [-0.2, 0) is 16.6 Å². The van der Waals surface area contributed by atoms with Crippen LogP contribution in [0.3, 0.4) is 0 Å². The second-order valence-corrected chi connectivity index (χ2v) is 4.46. The third-order valence-corrected chi connectivity index (χ3v) is 2.00. The van der Waals surface area contributed by atoms with E-state index in [-0.39, 0.29) is 17.0 Å². The third-order valence-electron chi connectivity index (χ3n) is 2.00. The van der Waals surface area contributed by atoms with Crippen molar-refractivity contribution in [3.05, 3.63) is 17.0 Å². The summed E-state index contributed by atoms with van der Waals surface area (Å²) in [5.41, 5.74) is -0.389. The predicted octanol–water partition coefficient (Wildman–Crippen LogP) is 1.30. The van der Waals surface area contributed by atoms with Gasteiger partial charge in [0.1, 0.15) is 17.7 Å². The van der Waals surface area contributed by atoms with Crippen molar-refractivity contribution in [2.45, 2.75) is 32.6 Å². The van der Waals surface area contributed by atoms with Crippen LogP contribution < -0.4 is 0 Å². The summed E-state index contributed by atoms with van der Waals surface area (Å²) in [5, 5.41) is 21.3. The molecule has 0 radical (unpaired) electrons. The molecule has 1 aromatic heterocycles. The van der Waals surface area contributed by atoms with E-state index in [1.165, 1.54) is 0 Å². The summed E-state index contributed by atoms with van der Waals surface area (Å²) in [6, 6.07) is 0. The Morgan fingerprint density at radius 3 is 2.25 bits per heavy atom. The molecule has 0 atom stereocenters. The predicted molar refractivity (Wildman–Crippen MR) is 53.5 cm³/mol. The molecule has 0 bridgehead atoms. The fourth-order valence-corrected chi connectivity index (χ4v) is 1.31. The van der Waals surface area contributed by atoms with E-state index in [1.807, 2.05) is 0 Å². The first-order valence-electron chi connectivity index (χ1n) is 4.67. The van der Waals surface area contributed by atoms with Crippen LogP contribution in [-0.4, -0.2) is 27.3 Å². The molecular weight excluding hydrogens is 214 g/mol. The Bertz CT molecular complexity index is 427. The lowest BCUT2D eigenvalue weighted by atomic mass is 9.88. The minimum absolute atomic E-state index is 0.120. The molecule has 0 aliphatic heterocycles. The molecule has 1 heterocycles. The van der Waals surface area contributed by atoms with Gasteiger partial charge < -0.3 is 14.7 Å². The highest BCUT2D eigenvalue weighted by molar-refractivity contribution is 5.91. The largest absolute Gasteiger partial charge is 0.481 e. The van der Waals surface area contributed by atoms with Crippen molar-refractivity contribution in [2.75, 3.05) is 0 Å². The van der Waals surface area contributed by atoms with E-state index in [0.717, 1.165) is 0 Å². The zero-order valence-corrected chi connectivity index (χ0v) is 9.27. The summed E-state index contributed by atoms with van der Waals surface area (Å²) in [6.07, 6.45) is -0.481. The average molecular weight is 227 g/mol. The molecule has 0 spiro atoms. The molecule has 0 aromatic carbocycles. The Morgan fingerprint density at radius 2 is 1.88 bits per heavy atom. The molecule has 0 fully saturated rings. The summed E-state index contributed by atoms with van der Waals surface area (Å²) >= 11 is 0. The summed E-state index contributed by atoms with van der Waals surface area (Å²) in [4.78, 5) is 21.6. The summed E-state index contributed by atoms with van der Waals surface area (Å²) in [7, 11) is 0. The second-order valence-electron chi connectivity index (χ2n) is 4.46. The molecule has 0 aliphatic rings. The van der Waals surface area contributed by atoms with Crippen LogP contribution in [0.5, 0.6) is 0 Å². The van der Waals surface area contributed by atoms with Gasteiger partial charge in [-0.05, 0) is 0 Å². The number of aliphatic carboxylic acids is 1. The van der Waals surface area contributed by atoms with Crippen LogP contribution in [0, 0.1) is 0 Å². The standard InChI is InChI=1S/C10H13NO5/c1-10(2,3)8-7(9(14)15)5(16-11-8)4-6(12)13/h4H2,1-3H3,(H,12,13)(H,14,15). The molecule has 1 rings (SSSR count). The lowest BCUT2D eigenvalue weighted by molar-refractivity contribution is -0.136. The number of carbonyl (C=O) groups is 2. The smallest absolute Gasteiger partial charge is 0.341 e. The fourth-order valence-electron chi connectivity index (χ4n) is 1.31. The van der Waals surface area contributed by atoms with Crippen molar-refractivity contribution < 1.29 is 24.3 Å². The van der Waals surface area contributed by atoms with E-state index in [2.05, 4.69) is 5.16 Å². The first-order chi connectivity index (χ1) is 7.23. The van der Waals surface area contributed by atoms with Gasteiger partial charge in [0, 0.05) is 5.41 Å². The highest BCUT2D eigenvalue weighted by Crippen LogP contribution is 2.27. The summed E-state index contributed by atoms with van der Waals surface area (Å²) < 4.78 is 4.78. The molecule has 0 saturated heterocycles. The first kappa shape index (κ1) is 12.2. The van der Waals surface area contributed by atoms with E-state index >= 15 is 0 Å². The van der Waals surface area contributed by atoms with Gasteiger partial charge in [0.15, 0.2) is 5.76 Å². The van der Waals surface area contributed by atoms with Gasteiger partial charge in [-0.15, -0.1) is 0 Å². The molecule has 0 aliphatic carbocycles. The van der Waals surface area contributed by atoms with E-state index in [4.69, 9.17) is 14.7 Å². The monoisotopic (exact) mass is 227 g/mol. The number of aromatic nitrogens is 1. The molecule has 0 unspecified atom stereocenters. The van der Waals surface area contributed by atoms with Gasteiger partial charge in [-0.3, -0.25) is 4.79 Å². The van der Waals surface area contributed by atoms with Gasteiger partial charge in [-0.2, -0.15) is 0 Å². The normalized spacial score (nSPS) is 11.4. The number of carboxylic acid groups (broad SMARTS) is 2. The molecular formula is C10H13NO5. The molecule has 88 valence electrons. The zero-order valence-electron chi connectivity index (χ0n) is 9.27. The maximum atomic E-state index is 11.0.